The number of nitrogens with one attached hydrogen (secondary N) is 2. The zero-order chi connectivity index (χ0) is 42.9. The van der Waals surface area contributed by atoms with Gasteiger partial charge in [0, 0.05) is 57.0 Å². The lowest BCUT2D eigenvalue weighted by Gasteiger charge is -2.30. The van der Waals surface area contributed by atoms with Crippen LogP contribution in [0.3, 0.4) is 0 Å². The number of rotatable bonds is 15. The number of Topliss-reactive ketones (excluding diaryl/α,β-unsaturated/α-hetero) is 1. The van der Waals surface area contributed by atoms with Gasteiger partial charge in [-0.25, -0.2) is 4.79 Å². The van der Waals surface area contributed by atoms with Crippen molar-refractivity contribution in [2.24, 2.45) is 17.6 Å². The van der Waals surface area contributed by atoms with Crippen LogP contribution in [-0.2, 0) is 35.0 Å². The molecular formula is C44H64N4O10. The van der Waals surface area contributed by atoms with Crippen molar-refractivity contribution in [3.63, 3.8) is 0 Å². The number of allylic oxidation sites excluding steroid dienone is 4. The third-order valence-electron chi connectivity index (χ3n) is 10.5. The molecule has 1 aromatic carbocycles. The van der Waals surface area contributed by atoms with Crippen molar-refractivity contribution in [2.45, 2.75) is 91.1 Å². The van der Waals surface area contributed by atoms with Gasteiger partial charge in [0.25, 0.3) is 5.91 Å². The molecule has 1 heterocycles. The van der Waals surface area contributed by atoms with Crippen molar-refractivity contribution in [1.82, 2.24) is 15.5 Å². The quantitative estimate of drug-likeness (QED) is 0.141. The number of primary amides is 1. The number of ketones is 2. The maximum absolute atomic E-state index is 14.2. The molecule has 2 aliphatic rings. The molecule has 0 spiro atoms. The normalized spacial score (nSPS) is 26.2. The summed E-state index contributed by atoms with van der Waals surface area (Å²) in [6.45, 7) is 11.8. The minimum atomic E-state index is -1.00. The molecule has 1 aliphatic carbocycles. The number of carbonyl (C=O) groups excluding carboxylic acids is 4. The van der Waals surface area contributed by atoms with E-state index in [9.17, 15) is 24.3 Å². The summed E-state index contributed by atoms with van der Waals surface area (Å²) in [5.41, 5.74) is 7.66. The zero-order valence-corrected chi connectivity index (χ0v) is 35.6. The molecule has 6 atom stereocenters. The molecule has 320 valence electrons. The first-order valence-electron chi connectivity index (χ1n) is 19.9. The molecule has 58 heavy (non-hydrogen) atoms. The molecule has 0 fully saturated rings. The topological polar surface area (TPSA) is 188 Å². The summed E-state index contributed by atoms with van der Waals surface area (Å²) in [5.74, 6) is -0.827. The van der Waals surface area contributed by atoms with Crippen molar-refractivity contribution >= 4 is 23.6 Å². The Morgan fingerprint density at radius 3 is 2.38 bits per heavy atom. The maximum atomic E-state index is 14.2. The van der Waals surface area contributed by atoms with Gasteiger partial charge >= 0.3 is 6.09 Å². The highest BCUT2D eigenvalue weighted by Gasteiger charge is 2.33. The van der Waals surface area contributed by atoms with Crippen LogP contribution in [0.2, 0.25) is 0 Å². The number of carbonyl (C=O) groups is 4. The van der Waals surface area contributed by atoms with Gasteiger partial charge in [0.1, 0.15) is 6.10 Å². The summed E-state index contributed by atoms with van der Waals surface area (Å²) in [6, 6.07) is 5.90. The average Bonchev–Trinajstić information content (AvgIpc) is 3.20. The third-order valence-corrected chi connectivity index (χ3v) is 10.5. The molecule has 2 amide bonds. The Morgan fingerprint density at radius 1 is 1.02 bits per heavy atom. The highest BCUT2D eigenvalue weighted by molar-refractivity contribution is 6.23. The van der Waals surface area contributed by atoms with Gasteiger partial charge in [-0.3, -0.25) is 14.4 Å². The number of fused-ring (bicyclic) bond motifs is 2. The van der Waals surface area contributed by atoms with Gasteiger partial charge in [-0.05, 0) is 75.3 Å². The fraction of sp³-hybridized carbons (Fsp3) is 0.545. The first-order valence-corrected chi connectivity index (χ1v) is 19.9. The standard InChI is InChI=1S/C44H64N4O10/c1-10-11-19-48(20-17-31-15-16-35(54-6)37(25-31)56-8)21-18-46-39-32-22-27(2)23-38(57-9)40(50)29(4)24-30(5)42(58-44(45)53)36(55-7)14-12-13-28(3)43(52)47-33(41(32)51)26-34(39)49/h12-16,24-27,29,36,38,40,42,46,50H,10-11,17-23H2,1-9H3,(H2,45,53)(H,47,52)/b14-12-,28-13+,30-24+/t27-,29+,36+,38+,40-,42+/m1/s1. The predicted octanol–water partition coefficient (Wildman–Crippen LogP) is 4.71. The van der Waals surface area contributed by atoms with Crippen LogP contribution in [0.1, 0.15) is 65.9 Å². The van der Waals surface area contributed by atoms with E-state index < -0.39 is 53.9 Å². The van der Waals surface area contributed by atoms with E-state index in [0.29, 0.717) is 36.6 Å². The molecule has 1 aromatic rings. The van der Waals surface area contributed by atoms with Gasteiger partial charge in [0.05, 0.1) is 37.8 Å². The Bertz CT molecular complexity index is 1750. The summed E-state index contributed by atoms with van der Waals surface area (Å²) in [4.78, 5) is 55.6. The molecule has 5 N–H and O–H groups in total. The molecular weight excluding hydrogens is 745 g/mol. The summed E-state index contributed by atoms with van der Waals surface area (Å²) in [5, 5.41) is 17.4. The van der Waals surface area contributed by atoms with Crippen molar-refractivity contribution < 1.29 is 48.0 Å². The zero-order valence-electron chi connectivity index (χ0n) is 35.6. The van der Waals surface area contributed by atoms with Crippen LogP contribution in [-0.4, -0.2) is 113 Å². The molecule has 0 aromatic heterocycles. The molecule has 14 nitrogen and oxygen atoms in total. The Kier molecular flexibility index (Phi) is 19.4. The SMILES string of the molecule is CCCCN(CCNC1=C2C[C@@H](C)C[C@H](OC)[C@H](O)[C@@H](C)/C=C(\C)[C@H](OC(N)=O)[C@@H](OC)/C=C\C=C(/C)C(=O)NC(=CC1=O)C2=O)CCc1ccc(OC)c(OC)c1. The number of aliphatic hydroxyl groups excluding tert-OH is 1. The lowest BCUT2D eigenvalue weighted by molar-refractivity contribution is -0.120. The number of ether oxygens (including phenoxy) is 5. The minimum Gasteiger partial charge on any atom is -0.493 e. The van der Waals surface area contributed by atoms with Gasteiger partial charge in [0.15, 0.2) is 17.6 Å². The van der Waals surface area contributed by atoms with E-state index in [1.807, 2.05) is 32.0 Å². The Labute approximate surface area is 343 Å². The molecule has 0 radical (unpaired) electrons. The van der Waals surface area contributed by atoms with Crippen molar-refractivity contribution in [2.75, 3.05) is 54.6 Å². The lowest BCUT2D eigenvalue weighted by Crippen LogP contribution is -2.39. The van der Waals surface area contributed by atoms with Crippen molar-refractivity contribution in [1.29, 1.82) is 0 Å². The Morgan fingerprint density at radius 2 is 1.74 bits per heavy atom. The van der Waals surface area contributed by atoms with Gasteiger partial charge in [-0.15, -0.1) is 0 Å². The van der Waals surface area contributed by atoms with Gasteiger partial charge < -0.3 is 50.1 Å². The summed E-state index contributed by atoms with van der Waals surface area (Å²) in [6.07, 6.45) is 6.57. The summed E-state index contributed by atoms with van der Waals surface area (Å²) >= 11 is 0. The van der Waals surface area contributed by atoms with Crippen LogP contribution in [0.15, 0.2) is 76.7 Å². The Hall–Kier alpha value is -4.76. The third kappa shape index (κ3) is 13.7. The number of benzene rings is 1. The highest BCUT2D eigenvalue weighted by atomic mass is 16.6. The molecule has 0 unspecified atom stereocenters. The number of nitrogens with zero attached hydrogens (tertiary/aromatic N) is 1. The fourth-order valence-corrected chi connectivity index (χ4v) is 7.16. The number of amides is 2. The monoisotopic (exact) mass is 808 g/mol. The second-order valence-electron chi connectivity index (χ2n) is 15.0. The van der Waals surface area contributed by atoms with Crippen LogP contribution < -0.4 is 25.8 Å². The average molecular weight is 809 g/mol. The molecule has 3 rings (SSSR count). The summed E-state index contributed by atoms with van der Waals surface area (Å²) < 4.78 is 27.7. The highest BCUT2D eigenvalue weighted by Crippen LogP contribution is 2.30. The maximum Gasteiger partial charge on any atom is 0.405 e. The van der Waals surface area contributed by atoms with Crippen molar-refractivity contribution in [3.05, 3.63) is 82.3 Å². The van der Waals surface area contributed by atoms with E-state index in [1.54, 1.807) is 46.3 Å². The number of methoxy groups -OCH3 is 4. The largest absolute Gasteiger partial charge is 0.493 e. The first kappa shape index (κ1) is 47.6. The van der Waals surface area contributed by atoms with Gasteiger partial charge in [0.2, 0.25) is 11.6 Å². The second kappa shape index (κ2) is 23.6. The molecule has 14 heteroatoms. The van der Waals surface area contributed by atoms with Crippen LogP contribution in [0.25, 0.3) is 0 Å². The first-order chi connectivity index (χ1) is 27.7. The predicted molar refractivity (Wildman–Crippen MR) is 222 cm³/mol. The minimum absolute atomic E-state index is 0.127. The molecule has 2 bridgehead atoms. The number of nitrogens with two attached hydrogens (primary N) is 1. The number of aliphatic hydroxyl groups is 1. The smallest absolute Gasteiger partial charge is 0.405 e. The van der Waals surface area contributed by atoms with E-state index in [0.717, 1.165) is 37.9 Å². The molecule has 0 saturated carbocycles. The van der Waals surface area contributed by atoms with Crippen LogP contribution in [0.5, 0.6) is 11.5 Å². The van der Waals surface area contributed by atoms with Crippen LogP contribution in [0.4, 0.5) is 4.79 Å². The van der Waals surface area contributed by atoms with E-state index >= 15 is 0 Å². The number of unbranched alkanes of at least 4 members (excludes halogenated alkanes) is 1. The summed E-state index contributed by atoms with van der Waals surface area (Å²) in [7, 11) is 6.17. The van der Waals surface area contributed by atoms with E-state index in [2.05, 4.69) is 22.5 Å². The van der Waals surface area contributed by atoms with E-state index in [-0.39, 0.29) is 34.9 Å². The van der Waals surface area contributed by atoms with Crippen LogP contribution >= 0.6 is 0 Å². The molecule has 0 saturated heterocycles. The second-order valence-corrected chi connectivity index (χ2v) is 15.0. The van der Waals surface area contributed by atoms with E-state index in [1.165, 1.54) is 26.4 Å². The lowest BCUT2D eigenvalue weighted by atomic mass is 9.85. The van der Waals surface area contributed by atoms with Gasteiger partial charge in [-0.1, -0.05) is 57.6 Å². The van der Waals surface area contributed by atoms with E-state index in [4.69, 9.17) is 29.4 Å². The fourth-order valence-electron chi connectivity index (χ4n) is 7.16. The van der Waals surface area contributed by atoms with Gasteiger partial charge in [-0.2, -0.15) is 0 Å². The number of hydrogen-bond acceptors (Lipinski definition) is 12. The molecule has 1 aliphatic heterocycles. The Balaban J connectivity index is 1.94. The van der Waals surface area contributed by atoms with Crippen LogP contribution in [0, 0.1) is 11.8 Å². The van der Waals surface area contributed by atoms with Crippen molar-refractivity contribution in [3.8, 4) is 11.5 Å². The number of hydrogen-bond donors (Lipinski definition) is 4.